The number of nitrogens with zero attached hydrogens (tertiary/aromatic N) is 2. The van der Waals surface area contributed by atoms with Crippen LogP contribution in [0.15, 0.2) is 34.2 Å². The Morgan fingerprint density at radius 3 is 2.64 bits per heavy atom. The minimum absolute atomic E-state index is 0.0389. The summed E-state index contributed by atoms with van der Waals surface area (Å²) in [5.74, 6) is 1.12. The highest BCUT2D eigenvalue weighted by Gasteiger charge is 2.24. The number of benzene rings is 1. The molecule has 0 spiro atoms. The second-order valence-corrected chi connectivity index (χ2v) is 8.18. The molecule has 1 atom stereocenters. The molecule has 10 heteroatoms. The maximum atomic E-state index is 12.6. The van der Waals surface area contributed by atoms with Crippen LogP contribution in [0.4, 0.5) is 5.82 Å². The second kappa shape index (κ2) is 11.5. The zero-order chi connectivity index (χ0) is 23.8. The number of hydrogen-bond acceptors (Lipinski definition) is 9. The molecular formula is C23H27N3O6S. The summed E-state index contributed by atoms with van der Waals surface area (Å²) in [6.07, 6.45) is 1.06. The number of aromatic nitrogens is 2. The fraction of sp³-hybridized carbons (Fsp3) is 0.391. The first-order valence-electron chi connectivity index (χ1n) is 10.5. The predicted molar refractivity (Wildman–Crippen MR) is 124 cm³/mol. The maximum absolute atomic E-state index is 12.6. The van der Waals surface area contributed by atoms with Gasteiger partial charge in [-0.05, 0) is 38.0 Å². The third-order valence-corrected chi connectivity index (χ3v) is 5.71. The van der Waals surface area contributed by atoms with Crippen LogP contribution in [-0.2, 0) is 20.7 Å². The number of carbonyl (C=O) groups excluding carboxylic acids is 2. The van der Waals surface area contributed by atoms with Gasteiger partial charge in [0, 0.05) is 17.0 Å². The van der Waals surface area contributed by atoms with Crippen LogP contribution in [-0.4, -0.2) is 42.3 Å². The van der Waals surface area contributed by atoms with Gasteiger partial charge in [0.1, 0.15) is 10.8 Å². The Morgan fingerprint density at radius 2 is 1.97 bits per heavy atom. The number of ether oxygens (including phenoxy) is 3. The number of nitrogens with one attached hydrogen (secondary N) is 1. The van der Waals surface area contributed by atoms with Gasteiger partial charge in [-0.2, -0.15) is 0 Å². The highest BCUT2D eigenvalue weighted by Crippen LogP contribution is 2.33. The highest BCUT2D eigenvalue weighted by atomic mass is 32.1. The van der Waals surface area contributed by atoms with Crippen molar-refractivity contribution in [2.24, 2.45) is 0 Å². The van der Waals surface area contributed by atoms with Crippen LogP contribution in [0.5, 0.6) is 11.5 Å². The number of thiazole rings is 1. The van der Waals surface area contributed by atoms with Crippen LogP contribution in [0.25, 0.3) is 10.6 Å². The lowest BCUT2D eigenvalue weighted by Crippen LogP contribution is -2.33. The van der Waals surface area contributed by atoms with E-state index < -0.39 is 18.0 Å². The standard InChI is InChI=1S/C23H27N3O6S/c1-5-6-7-18(22(28)25-20-10-14(2)32-26-20)31-21(27)12-16-13-33-23(24-16)15-8-9-17(29-3)19(11-15)30-4/h8-11,13,18H,5-7,12H2,1-4H3,(H,25,26,28). The molecule has 0 aliphatic carbocycles. The van der Waals surface area contributed by atoms with Gasteiger partial charge in [-0.25, -0.2) is 4.98 Å². The van der Waals surface area contributed by atoms with E-state index in [4.69, 9.17) is 18.7 Å². The van der Waals surface area contributed by atoms with E-state index in [-0.39, 0.29) is 12.2 Å². The van der Waals surface area contributed by atoms with Crippen molar-refractivity contribution in [2.45, 2.75) is 45.6 Å². The van der Waals surface area contributed by atoms with Crippen molar-refractivity contribution in [2.75, 3.05) is 19.5 Å². The summed E-state index contributed by atoms with van der Waals surface area (Å²) in [5, 5.41) is 8.91. The van der Waals surface area contributed by atoms with Crippen molar-refractivity contribution < 1.29 is 28.3 Å². The van der Waals surface area contributed by atoms with Gasteiger partial charge in [0.15, 0.2) is 23.4 Å². The number of unbranched alkanes of at least 4 members (excludes halogenated alkanes) is 1. The first kappa shape index (κ1) is 24.2. The number of hydrogen-bond donors (Lipinski definition) is 1. The van der Waals surface area contributed by atoms with Crippen LogP contribution in [0.3, 0.4) is 0 Å². The summed E-state index contributed by atoms with van der Waals surface area (Å²) < 4.78 is 21.1. The molecular weight excluding hydrogens is 446 g/mol. The lowest BCUT2D eigenvalue weighted by atomic mass is 10.1. The van der Waals surface area contributed by atoms with Crippen molar-refractivity contribution in [3.05, 3.63) is 41.1 Å². The van der Waals surface area contributed by atoms with E-state index in [1.54, 1.807) is 38.7 Å². The van der Waals surface area contributed by atoms with E-state index in [1.165, 1.54) is 11.3 Å². The van der Waals surface area contributed by atoms with Gasteiger partial charge < -0.3 is 24.1 Å². The van der Waals surface area contributed by atoms with Crippen molar-refractivity contribution in [1.29, 1.82) is 0 Å². The molecule has 1 N–H and O–H groups in total. The smallest absolute Gasteiger partial charge is 0.312 e. The number of carbonyl (C=O) groups is 2. The van der Waals surface area contributed by atoms with Crippen LogP contribution < -0.4 is 14.8 Å². The van der Waals surface area contributed by atoms with Crippen LogP contribution in [0.2, 0.25) is 0 Å². The van der Waals surface area contributed by atoms with Crippen molar-refractivity contribution in [3.63, 3.8) is 0 Å². The van der Waals surface area contributed by atoms with Crippen LogP contribution in [0.1, 0.15) is 37.6 Å². The molecule has 9 nitrogen and oxygen atoms in total. The van der Waals surface area contributed by atoms with E-state index in [0.717, 1.165) is 23.4 Å². The predicted octanol–water partition coefficient (Wildman–Crippen LogP) is 4.41. The van der Waals surface area contributed by atoms with Gasteiger partial charge >= 0.3 is 5.97 Å². The molecule has 0 saturated carbocycles. The van der Waals surface area contributed by atoms with E-state index in [2.05, 4.69) is 15.5 Å². The molecule has 1 unspecified atom stereocenters. The van der Waals surface area contributed by atoms with Crippen molar-refractivity contribution in [1.82, 2.24) is 10.1 Å². The Morgan fingerprint density at radius 1 is 1.18 bits per heavy atom. The van der Waals surface area contributed by atoms with E-state index in [0.29, 0.717) is 29.4 Å². The molecule has 0 saturated heterocycles. The van der Waals surface area contributed by atoms with Crippen LogP contribution in [0, 0.1) is 6.92 Å². The fourth-order valence-corrected chi connectivity index (χ4v) is 3.92. The lowest BCUT2D eigenvalue weighted by Gasteiger charge is -2.16. The molecule has 0 radical (unpaired) electrons. The molecule has 3 aromatic rings. The van der Waals surface area contributed by atoms with Gasteiger partial charge in [0.2, 0.25) is 0 Å². The number of amides is 1. The topological polar surface area (TPSA) is 113 Å². The first-order valence-corrected chi connectivity index (χ1v) is 11.4. The Kier molecular flexibility index (Phi) is 8.42. The Bertz CT molecular complexity index is 1090. The van der Waals surface area contributed by atoms with Gasteiger partial charge in [-0.15, -0.1) is 11.3 Å². The van der Waals surface area contributed by atoms with Gasteiger partial charge in [0.25, 0.3) is 5.91 Å². The largest absolute Gasteiger partial charge is 0.493 e. The SMILES string of the molecule is CCCCC(OC(=O)Cc1csc(-c2ccc(OC)c(OC)c2)n1)C(=O)Nc1cc(C)on1. The molecule has 0 aliphatic heterocycles. The maximum Gasteiger partial charge on any atom is 0.312 e. The molecule has 0 aliphatic rings. The van der Waals surface area contributed by atoms with Gasteiger partial charge in [-0.3, -0.25) is 9.59 Å². The molecule has 1 aromatic carbocycles. The monoisotopic (exact) mass is 473 g/mol. The Hall–Kier alpha value is -3.40. The molecule has 176 valence electrons. The molecule has 0 fully saturated rings. The zero-order valence-electron chi connectivity index (χ0n) is 19.0. The summed E-state index contributed by atoms with van der Waals surface area (Å²) >= 11 is 1.41. The van der Waals surface area contributed by atoms with Crippen molar-refractivity contribution in [3.8, 4) is 22.1 Å². The fourth-order valence-electron chi connectivity index (χ4n) is 3.10. The molecule has 1 amide bonds. The number of anilines is 1. The summed E-state index contributed by atoms with van der Waals surface area (Å²) in [6, 6.07) is 7.11. The van der Waals surface area contributed by atoms with E-state index >= 15 is 0 Å². The minimum atomic E-state index is -0.918. The molecule has 33 heavy (non-hydrogen) atoms. The van der Waals surface area contributed by atoms with Gasteiger partial charge in [-0.1, -0.05) is 18.5 Å². The van der Waals surface area contributed by atoms with E-state index in [1.807, 2.05) is 19.1 Å². The third-order valence-electron chi connectivity index (χ3n) is 4.77. The lowest BCUT2D eigenvalue weighted by molar-refractivity contribution is -0.154. The van der Waals surface area contributed by atoms with Crippen molar-refractivity contribution >= 4 is 29.0 Å². The Labute approximate surface area is 196 Å². The quantitative estimate of drug-likeness (QED) is 0.408. The minimum Gasteiger partial charge on any atom is -0.493 e. The summed E-state index contributed by atoms with van der Waals surface area (Å²) in [7, 11) is 3.14. The molecule has 2 heterocycles. The average Bonchev–Trinajstić information content (AvgIpc) is 3.44. The summed E-state index contributed by atoms with van der Waals surface area (Å²) in [6.45, 7) is 3.73. The van der Waals surface area contributed by atoms with E-state index in [9.17, 15) is 9.59 Å². The number of rotatable bonds is 11. The third kappa shape index (κ3) is 6.55. The molecule has 0 bridgehead atoms. The summed E-state index contributed by atoms with van der Waals surface area (Å²) in [4.78, 5) is 29.7. The summed E-state index contributed by atoms with van der Waals surface area (Å²) in [5.41, 5.74) is 1.41. The molecule has 2 aromatic heterocycles. The van der Waals surface area contributed by atoms with Gasteiger partial charge in [0.05, 0.1) is 26.3 Å². The number of methoxy groups -OCH3 is 2. The molecule has 3 rings (SSSR count). The first-order chi connectivity index (χ1) is 15.9. The highest BCUT2D eigenvalue weighted by molar-refractivity contribution is 7.13. The number of aryl methyl sites for hydroxylation is 1. The second-order valence-electron chi connectivity index (χ2n) is 7.32. The Balaban J connectivity index is 1.64. The average molecular weight is 474 g/mol. The van der Waals surface area contributed by atoms with Crippen LogP contribution >= 0.6 is 11.3 Å². The normalized spacial score (nSPS) is 11.6. The zero-order valence-corrected chi connectivity index (χ0v) is 19.9. The number of esters is 1.